The van der Waals surface area contributed by atoms with Gasteiger partial charge in [-0.2, -0.15) is 0 Å². The van der Waals surface area contributed by atoms with Crippen molar-refractivity contribution < 1.29 is 4.74 Å². The molecule has 0 aliphatic rings. The van der Waals surface area contributed by atoms with Gasteiger partial charge in [0, 0.05) is 10.5 Å². The van der Waals surface area contributed by atoms with E-state index < -0.39 is 0 Å². The zero-order valence-electron chi connectivity index (χ0n) is 10.6. The highest BCUT2D eigenvalue weighted by atomic mass is 79.9. The van der Waals surface area contributed by atoms with Gasteiger partial charge in [-0.3, -0.25) is 0 Å². The maximum absolute atomic E-state index is 6.21. The monoisotopic (exact) mass is 339 g/mol. The van der Waals surface area contributed by atoms with Crippen molar-refractivity contribution in [1.82, 2.24) is 0 Å². The summed E-state index contributed by atoms with van der Waals surface area (Å²) in [5.74, 6) is 0.851. The molecule has 0 aromatic heterocycles. The minimum Gasteiger partial charge on any atom is -0.497 e. The van der Waals surface area contributed by atoms with Gasteiger partial charge in [0.2, 0.25) is 0 Å². The van der Waals surface area contributed by atoms with Gasteiger partial charge < -0.3 is 10.5 Å². The molecule has 0 spiro atoms. The van der Waals surface area contributed by atoms with E-state index in [0.29, 0.717) is 5.02 Å². The number of benzene rings is 2. The van der Waals surface area contributed by atoms with Crippen molar-refractivity contribution in [3.8, 4) is 5.75 Å². The molecular weight excluding hydrogens is 326 g/mol. The van der Waals surface area contributed by atoms with Crippen molar-refractivity contribution in [1.29, 1.82) is 0 Å². The third-order valence-electron chi connectivity index (χ3n) is 2.99. The molecule has 1 unspecified atom stereocenters. The molecule has 19 heavy (non-hydrogen) atoms. The molecule has 4 heteroatoms. The summed E-state index contributed by atoms with van der Waals surface area (Å²) in [6.45, 7) is 0. The maximum atomic E-state index is 6.21. The van der Waals surface area contributed by atoms with Gasteiger partial charge in [-0.15, -0.1) is 0 Å². The predicted molar refractivity (Wildman–Crippen MR) is 82.8 cm³/mol. The molecule has 0 bridgehead atoms. The van der Waals surface area contributed by atoms with Crippen molar-refractivity contribution in [2.75, 3.05) is 7.11 Å². The summed E-state index contributed by atoms with van der Waals surface area (Å²) < 4.78 is 6.02. The molecule has 2 aromatic carbocycles. The highest BCUT2D eigenvalue weighted by Gasteiger charge is 2.09. The normalized spacial score (nSPS) is 12.2. The van der Waals surface area contributed by atoms with Crippen molar-refractivity contribution in [3.05, 3.63) is 63.1 Å². The van der Waals surface area contributed by atoms with Crippen LogP contribution in [0.5, 0.6) is 5.75 Å². The van der Waals surface area contributed by atoms with E-state index in [2.05, 4.69) is 15.9 Å². The Balaban J connectivity index is 2.10. The number of ether oxygens (including phenoxy) is 1. The van der Waals surface area contributed by atoms with Crippen LogP contribution in [-0.4, -0.2) is 7.11 Å². The Kier molecular flexibility index (Phi) is 4.86. The molecule has 100 valence electrons. The van der Waals surface area contributed by atoms with E-state index in [1.807, 2.05) is 42.5 Å². The van der Waals surface area contributed by atoms with E-state index in [-0.39, 0.29) is 6.04 Å². The van der Waals surface area contributed by atoms with Crippen LogP contribution < -0.4 is 10.5 Å². The quantitative estimate of drug-likeness (QED) is 0.898. The molecule has 0 amide bonds. The molecule has 1 atom stereocenters. The molecule has 0 heterocycles. The average Bonchev–Trinajstić information content (AvgIpc) is 2.42. The molecule has 2 rings (SSSR count). The molecular formula is C15H15BrClNO. The van der Waals surface area contributed by atoms with Crippen LogP contribution in [0.4, 0.5) is 0 Å². The lowest BCUT2D eigenvalue weighted by Gasteiger charge is -2.13. The topological polar surface area (TPSA) is 35.2 Å². The molecule has 0 radical (unpaired) electrons. The molecule has 2 N–H and O–H groups in total. The van der Waals surface area contributed by atoms with Crippen molar-refractivity contribution in [3.63, 3.8) is 0 Å². The highest BCUT2D eigenvalue weighted by Crippen LogP contribution is 2.26. The van der Waals surface area contributed by atoms with Gasteiger partial charge in [0.25, 0.3) is 0 Å². The lowest BCUT2D eigenvalue weighted by molar-refractivity contribution is 0.414. The molecule has 0 aliphatic heterocycles. The van der Waals surface area contributed by atoms with E-state index in [1.54, 1.807) is 7.11 Å². The van der Waals surface area contributed by atoms with Gasteiger partial charge in [0.1, 0.15) is 5.75 Å². The lowest BCUT2D eigenvalue weighted by atomic mass is 10.00. The molecule has 0 aliphatic carbocycles. The van der Waals surface area contributed by atoms with Crippen LogP contribution in [0.3, 0.4) is 0 Å². The van der Waals surface area contributed by atoms with Crippen molar-refractivity contribution >= 4 is 27.5 Å². The third kappa shape index (κ3) is 3.72. The Morgan fingerprint density at radius 1 is 1.21 bits per heavy atom. The zero-order chi connectivity index (χ0) is 13.8. The summed E-state index contributed by atoms with van der Waals surface area (Å²) in [6.07, 6.45) is 0.766. The molecule has 2 nitrogen and oxygen atoms in total. The van der Waals surface area contributed by atoms with Crippen LogP contribution in [0.15, 0.2) is 46.9 Å². The molecule has 2 aromatic rings. The van der Waals surface area contributed by atoms with Gasteiger partial charge in [-0.25, -0.2) is 0 Å². The smallest absolute Gasteiger partial charge is 0.118 e. The Morgan fingerprint density at radius 2 is 1.89 bits per heavy atom. The minimum atomic E-state index is -0.0704. The van der Waals surface area contributed by atoms with Crippen molar-refractivity contribution in [2.45, 2.75) is 12.5 Å². The lowest BCUT2D eigenvalue weighted by Crippen LogP contribution is -2.13. The summed E-state index contributed by atoms with van der Waals surface area (Å²) in [5.41, 5.74) is 8.42. The van der Waals surface area contributed by atoms with E-state index in [9.17, 15) is 0 Å². The van der Waals surface area contributed by atoms with Crippen LogP contribution in [-0.2, 0) is 6.42 Å². The second-order valence-electron chi connectivity index (χ2n) is 4.33. The van der Waals surface area contributed by atoms with Crippen LogP contribution in [0.1, 0.15) is 17.2 Å². The average molecular weight is 341 g/mol. The molecule has 0 fully saturated rings. The van der Waals surface area contributed by atoms with Gasteiger partial charge in [0.05, 0.1) is 12.1 Å². The fraction of sp³-hybridized carbons (Fsp3) is 0.200. The van der Waals surface area contributed by atoms with E-state index in [0.717, 1.165) is 22.2 Å². The second-order valence-corrected chi connectivity index (χ2v) is 5.59. The SMILES string of the molecule is COc1ccc(CC(N)c2ccc(Br)c(Cl)c2)cc1. The van der Waals surface area contributed by atoms with Crippen LogP contribution >= 0.6 is 27.5 Å². The number of methoxy groups -OCH3 is 1. The number of hydrogen-bond donors (Lipinski definition) is 1. The largest absolute Gasteiger partial charge is 0.497 e. The summed E-state index contributed by atoms with van der Waals surface area (Å²) in [6, 6.07) is 13.7. The first-order valence-electron chi connectivity index (χ1n) is 5.93. The second kappa shape index (κ2) is 6.42. The Bertz CT molecular complexity index is 557. The Hall–Kier alpha value is -1.03. The highest BCUT2D eigenvalue weighted by molar-refractivity contribution is 9.10. The first-order valence-corrected chi connectivity index (χ1v) is 7.10. The molecule has 0 saturated heterocycles. The summed E-state index contributed by atoms with van der Waals surface area (Å²) in [7, 11) is 1.66. The predicted octanol–water partition coefficient (Wildman–Crippen LogP) is 4.35. The fourth-order valence-electron chi connectivity index (χ4n) is 1.88. The van der Waals surface area contributed by atoms with Gasteiger partial charge in [0.15, 0.2) is 0 Å². The minimum absolute atomic E-state index is 0.0704. The Labute approximate surface area is 126 Å². The standard InChI is InChI=1S/C15H15BrClNO/c1-19-12-5-2-10(3-6-12)8-15(18)11-4-7-13(16)14(17)9-11/h2-7,9,15H,8,18H2,1H3. The van der Waals surface area contributed by atoms with E-state index >= 15 is 0 Å². The van der Waals surface area contributed by atoms with Crippen molar-refractivity contribution in [2.24, 2.45) is 5.73 Å². The first kappa shape index (κ1) is 14.4. The first-order chi connectivity index (χ1) is 9.10. The van der Waals surface area contributed by atoms with Crippen LogP contribution in [0.2, 0.25) is 5.02 Å². The van der Waals surface area contributed by atoms with Gasteiger partial charge in [-0.05, 0) is 57.7 Å². The summed E-state index contributed by atoms with van der Waals surface area (Å²) in [5, 5.41) is 0.683. The maximum Gasteiger partial charge on any atom is 0.118 e. The van der Waals surface area contributed by atoms with E-state index in [1.165, 1.54) is 5.56 Å². The third-order valence-corrected chi connectivity index (χ3v) is 4.22. The number of nitrogens with two attached hydrogens (primary N) is 1. The molecule has 0 saturated carbocycles. The zero-order valence-corrected chi connectivity index (χ0v) is 12.9. The fourth-order valence-corrected chi connectivity index (χ4v) is 2.31. The van der Waals surface area contributed by atoms with E-state index in [4.69, 9.17) is 22.1 Å². The van der Waals surface area contributed by atoms with Gasteiger partial charge in [-0.1, -0.05) is 29.8 Å². The number of halogens is 2. The van der Waals surface area contributed by atoms with Crippen LogP contribution in [0, 0.1) is 0 Å². The summed E-state index contributed by atoms with van der Waals surface area (Å²) in [4.78, 5) is 0. The summed E-state index contributed by atoms with van der Waals surface area (Å²) >= 11 is 9.46. The Morgan fingerprint density at radius 3 is 2.47 bits per heavy atom. The number of rotatable bonds is 4. The van der Waals surface area contributed by atoms with Gasteiger partial charge >= 0.3 is 0 Å². The van der Waals surface area contributed by atoms with Crippen LogP contribution in [0.25, 0.3) is 0 Å². The number of hydrogen-bond acceptors (Lipinski definition) is 2.